The highest BCUT2D eigenvalue weighted by atomic mass is 19.1. The first-order chi connectivity index (χ1) is 10.6. The van der Waals surface area contributed by atoms with Crippen molar-refractivity contribution in [3.8, 4) is 0 Å². The van der Waals surface area contributed by atoms with Crippen molar-refractivity contribution in [2.24, 2.45) is 0 Å². The predicted molar refractivity (Wildman–Crippen MR) is 85.5 cm³/mol. The lowest BCUT2D eigenvalue weighted by Crippen LogP contribution is -2.21. The van der Waals surface area contributed by atoms with Crippen LogP contribution in [0.2, 0.25) is 0 Å². The molecule has 2 rings (SSSR count). The topological polar surface area (TPSA) is 52.6 Å². The first-order valence-corrected chi connectivity index (χ1v) is 7.05. The zero-order chi connectivity index (χ0) is 15.9. The van der Waals surface area contributed by atoms with Gasteiger partial charge in [0.2, 0.25) is 5.91 Å². The molecule has 0 saturated heterocycles. The molecule has 0 aromatic heterocycles. The number of anilines is 2. The van der Waals surface area contributed by atoms with Crippen LogP contribution in [0.25, 0.3) is 0 Å². The molecular weight excluding hydrogens is 283 g/mol. The molecule has 2 aromatic carbocycles. The number of halogens is 1. The summed E-state index contributed by atoms with van der Waals surface area (Å²) in [5.41, 5.74) is 1.97. The van der Waals surface area contributed by atoms with Crippen LogP contribution >= 0.6 is 0 Å². The Morgan fingerprint density at radius 1 is 1.18 bits per heavy atom. The molecule has 5 heteroatoms. The maximum absolute atomic E-state index is 13.5. The van der Waals surface area contributed by atoms with Crippen LogP contribution in [0, 0.1) is 5.82 Å². The number of carbonyl (C=O) groups is 1. The second kappa shape index (κ2) is 7.56. The average molecular weight is 302 g/mol. The van der Waals surface area contributed by atoms with Crippen molar-refractivity contribution >= 4 is 17.3 Å². The summed E-state index contributed by atoms with van der Waals surface area (Å²) in [6.07, 6.45) is -0.00115. The Kier molecular flexibility index (Phi) is 5.49. The van der Waals surface area contributed by atoms with Gasteiger partial charge < -0.3 is 15.3 Å². The number of hydrogen-bond acceptors (Lipinski definition) is 3. The highest BCUT2D eigenvalue weighted by Gasteiger charge is 2.08. The number of amides is 1. The van der Waals surface area contributed by atoms with Gasteiger partial charge in [0.1, 0.15) is 5.82 Å². The van der Waals surface area contributed by atoms with Gasteiger partial charge in [-0.3, -0.25) is 4.79 Å². The van der Waals surface area contributed by atoms with E-state index in [1.165, 1.54) is 6.07 Å². The third-order valence-corrected chi connectivity index (χ3v) is 3.34. The number of aliphatic hydroxyl groups excluding tert-OH is 1. The predicted octanol–water partition coefficient (Wildman–Crippen LogP) is 2.44. The van der Waals surface area contributed by atoms with E-state index >= 15 is 0 Å². The molecule has 0 fully saturated rings. The van der Waals surface area contributed by atoms with Crippen LogP contribution in [0.5, 0.6) is 0 Å². The fraction of sp³-hybridized carbons (Fsp3) is 0.235. The SMILES string of the molecule is CN(CCO)c1ccc(NC(=O)Cc2ccccc2F)cc1. The van der Waals surface area contributed by atoms with Crippen molar-refractivity contribution in [2.45, 2.75) is 6.42 Å². The summed E-state index contributed by atoms with van der Waals surface area (Å²) < 4.78 is 13.5. The maximum atomic E-state index is 13.5. The molecule has 116 valence electrons. The van der Waals surface area contributed by atoms with E-state index in [1.54, 1.807) is 30.3 Å². The number of aliphatic hydroxyl groups is 1. The molecule has 22 heavy (non-hydrogen) atoms. The lowest BCUT2D eigenvalue weighted by Gasteiger charge is -2.18. The third kappa shape index (κ3) is 4.30. The zero-order valence-corrected chi connectivity index (χ0v) is 12.4. The molecule has 2 N–H and O–H groups in total. The summed E-state index contributed by atoms with van der Waals surface area (Å²) in [5, 5.41) is 11.6. The van der Waals surface area contributed by atoms with Gasteiger partial charge in [-0.2, -0.15) is 0 Å². The summed E-state index contributed by atoms with van der Waals surface area (Å²) in [6.45, 7) is 0.622. The number of benzene rings is 2. The summed E-state index contributed by atoms with van der Waals surface area (Å²) in [6, 6.07) is 13.5. The Balaban J connectivity index is 1.96. The van der Waals surface area contributed by atoms with E-state index in [0.29, 0.717) is 17.8 Å². The van der Waals surface area contributed by atoms with Crippen molar-refractivity contribution in [1.29, 1.82) is 0 Å². The van der Waals surface area contributed by atoms with Gasteiger partial charge in [-0.25, -0.2) is 4.39 Å². The van der Waals surface area contributed by atoms with Crippen molar-refractivity contribution in [3.05, 3.63) is 59.9 Å². The van der Waals surface area contributed by atoms with Gasteiger partial charge in [-0.05, 0) is 35.9 Å². The first kappa shape index (κ1) is 16.0. The van der Waals surface area contributed by atoms with Crippen LogP contribution in [0.1, 0.15) is 5.56 Å². The highest BCUT2D eigenvalue weighted by molar-refractivity contribution is 5.92. The number of hydrogen-bond donors (Lipinski definition) is 2. The Hall–Kier alpha value is -2.40. The maximum Gasteiger partial charge on any atom is 0.228 e. The molecule has 0 aliphatic carbocycles. The largest absolute Gasteiger partial charge is 0.395 e. The summed E-state index contributed by atoms with van der Waals surface area (Å²) in [5.74, 6) is -0.639. The molecule has 0 saturated carbocycles. The highest BCUT2D eigenvalue weighted by Crippen LogP contribution is 2.17. The molecular formula is C17H19FN2O2. The summed E-state index contributed by atoms with van der Waals surface area (Å²) >= 11 is 0. The smallest absolute Gasteiger partial charge is 0.228 e. The monoisotopic (exact) mass is 302 g/mol. The van der Waals surface area contributed by atoms with Crippen LogP contribution in [0.4, 0.5) is 15.8 Å². The molecule has 0 bridgehead atoms. The van der Waals surface area contributed by atoms with E-state index in [2.05, 4.69) is 5.32 Å². The molecule has 1 amide bonds. The van der Waals surface area contributed by atoms with Gasteiger partial charge in [0.15, 0.2) is 0 Å². The van der Waals surface area contributed by atoms with Crippen molar-refractivity contribution < 1.29 is 14.3 Å². The van der Waals surface area contributed by atoms with Gasteiger partial charge >= 0.3 is 0 Å². The molecule has 0 unspecified atom stereocenters. The number of carbonyl (C=O) groups excluding carboxylic acids is 1. The van der Waals surface area contributed by atoms with Gasteiger partial charge in [-0.1, -0.05) is 18.2 Å². The molecule has 0 spiro atoms. The second-order valence-corrected chi connectivity index (χ2v) is 5.01. The minimum atomic E-state index is -0.376. The Labute approximate surface area is 129 Å². The van der Waals surface area contributed by atoms with E-state index in [-0.39, 0.29) is 24.8 Å². The Bertz CT molecular complexity index is 629. The number of nitrogens with one attached hydrogen (secondary N) is 1. The first-order valence-electron chi connectivity index (χ1n) is 7.05. The van der Waals surface area contributed by atoms with E-state index in [9.17, 15) is 9.18 Å². The molecule has 0 heterocycles. The Morgan fingerprint density at radius 2 is 1.86 bits per heavy atom. The number of rotatable bonds is 6. The standard InChI is InChI=1S/C17H19FN2O2/c1-20(10-11-21)15-8-6-14(7-9-15)19-17(22)12-13-4-2-3-5-16(13)18/h2-9,21H,10-12H2,1H3,(H,19,22). The van der Waals surface area contributed by atoms with E-state index in [0.717, 1.165) is 5.69 Å². The van der Waals surface area contributed by atoms with E-state index in [4.69, 9.17) is 5.11 Å². The fourth-order valence-corrected chi connectivity index (χ4v) is 2.10. The van der Waals surface area contributed by atoms with Crippen LogP contribution < -0.4 is 10.2 Å². The van der Waals surface area contributed by atoms with E-state index < -0.39 is 0 Å². The molecule has 0 atom stereocenters. The minimum absolute atomic E-state index is 0.00115. The minimum Gasteiger partial charge on any atom is -0.395 e. The van der Waals surface area contributed by atoms with Crippen LogP contribution in [0.15, 0.2) is 48.5 Å². The Morgan fingerprint density at radius 3 is 2.50 bits per heavy atom. The summed E-state index contributed by atoms with van der Waals surface area (Å²) in [4.78, 5) is 13.8. The molecule has 0 aliphatic heterocycles. The normalized spacial score (nSPS) is 10.3. The number of likely N-dealkylation sites (N-methyl/N-ethyl adjacent to an activating group) is 1. The molecule has 2 aromatic rings. The quantitative estimate of drug-likeness (QED) is 0.862. The lowest BCUT2D eigenvalue weighted by molar-refractivity contribution is -0.115. The third-order valence-electron chi connectivity index (χ3n) is 3.34. The van der Waals surface area contributed by atoms with Crippen molar-refractivity contribution in [2.75, 3.05) is 30.4 Å². The van der Waals surface area contributed by atoms with Gasteiger partial charge in [0.25, 0.3) is 0 Å². The second-order valence-electron chi connectivity index (χ2n) is 5.01. The van der Waals surface area contributed by atoms with Crippen molar-refractivity contribution in [1.82, 2.24) is 0 Å². The fourth-order valence-electron chi connectivity index (χ4n) is 2.10. The molecule has 0 aliphatic rings. The van der Waals surface area contributed by atoms with Gasteiger partial charge in [-0.15, -0.1) is 0 Å². The van der Waals surface area contributed by atoms with Crippen LogP contribution in [-0.2, 0) is 11.2 Å². The van der Waals surface area contributed by atoms with Gasteiger partial charge in [0, 0.05) is 25.0 Å². The average Bonchev–Trinajstić information content (AvgIpc) is 2.50. The lowest BCUT2D eigenvalue weighted by atomic mass is 10.1. The summed E-state index contributed by atoms with van der Waals surface area (Å²) in [7, 11) is 1.88. The van der Waals surface area contributed by atoms with E-state index in [1.807, 2.05) is 24.1 Å². The molecule has 0 radical (unpaired) electrons. The molecule has 4 nitrogen and oxygen atoms in total. The van der Waals surface area contributed by atoms with Crippen LogP contribution in [-0.4, -0.2) is 31.2 Å². The van der Waals surface area contributed by atoms with Crippen molar-refractivity contribution in [3.63, 3.8) is 0 Å². The van der Waals surface area contributed by atoms with Crippen LogP contribution in [0.3, 0.4) is 0 Å². The van der Waals surface area contributed by atoms with Gasteiger partial charge in [0.05, 0.1) is 13.0 Å². The zero-order valence-electron chi connectivity index (χ0n) is 12.4. The number of nitrogens with zero attached hydrogens (tertiary/aromatic N) is 1.